The summed E-state index contributed by atoms with van der Waals surface area (Å²) < 4.78 is 26.1. The molecule has 2 aromatic rings. The van der Waals surface area contributed by atoms with Gasteiger partial charge in [-0.2, -0.15) is 0 Å². The van der Waals surface area contributed by atoms with E-state index in [2.05, 4.69) is 11.4 Å². The number of carbonyl (C=O) groups is 1. The van der Waals surface area contributed by atoms with E-state index >= 15 is 0 Å². The van der Waals surface area contributed by atoms with Crippen molar-refractivity contribution >= 4 is 33.2 Å². The third kappa shape index (κ3) is 5.52. The molecule has 0 aliphatic carbocycles. The number of carbonyl (C=O) groups excluding carboxylic acids is 1. The molecule has 29 heavy (non-hydrogen) atoms. The second kappa shape index (κ2) is 9.18. The van der Waals surface area contributed by atoms with Crippen LogP contribution in [0.25, 0.3) is 0 Å². The van der Waals surface area contributed by atoms with Crippen LogP contribution in [0, 0.1) is 20.8 Å². The maximum Gasteiger partial charge on any atom is 0.244 e. The van der Waals surface area contributed by atoms with Crippen molar-refractivity contribution in [2.24, 2.45) is 0 Å². The van der Waals surface area contributed by atoms with E-state index in [0.717, 1.165) is 27.3 Å². The van der Waals surface area contributed by atoms with Crippen LogP contribution in [-0.4, -0.2) is 26.6 Å². The number of anilines is 1. The number of amides is 1. The Kier molecular flexibility index (Phi) is 7.35. The molecule has 5 nitrogen and oxygen atoms in total. The number of benzene rings is 2. The van der Waals surface area contributed by atoms with Gasteiger partial charge in [0, 0.05) is 5.02 Å². The Bertz CT molecular complexity index is 1010. The summed E-state index contributed by atoms with van der Waals surface area (Å²) in [5.74, 6) is -0.364. The molecule has 1 N–H and O–H groups in total. The Hall–Kier alpha value is -2.05. The monoisotopic (exact) mass is 436 g/mol. The van der Waals surface area contributed by atoms with Gasteiger partial charge in [0.1, 0.15) is 6.04 Å². The quantitative estimate of drug-likeness (QED) is 0.684. The molecule has 0 aromatic heterocycles. The summed E-state index contributed by atoms with van der Waals surface area (Å²) in [6.07, 6.45) is 1.78. The molecular formula is C22H29ClN2O3S. The van der Waals surface area contributed by atoms with Crippen molar-refractivity contribution in [3.05, 3.63) is 63.7 Å². The van der Waals surface area contributed by atoms with Crippen LogP contribution in [0.1, 0.15) is 48.6 Å². The minimum Gasteiger partial charge on any atom is -0.347 e. The van der Waals surface area contributed by atoms with E-state index in [4.69, 9.17) is 11.6 Å². The second-order valence-electron chi connectivity index (χ2n) is 7.48. The van der Waals surface area contributed by atoms with Gasteiger partial charge in [0.2, 0.25) is 15.9 Å². The van der Waals surface area contributed by atoms with Crippen molar-refractivity contribution in [1.29, 1.82) is 0 Å². The summed E-state index contributed by atoms with van der Waals surface area (Å²) >= 11 is 6.18. The summed E-state index contributed by atoms with van der Waals surface area (Å²) in [4.78, 5) is 13.0. The summed E-state index contributed by atoms with van der Waals surface area (Å²) in [7, 11) is -3.70. The first-order valence-electron chi connectivity index (χ1n) is 9.58. The normalized spacial score (nSPS) is 13.6. The smallest absolute Gasteiger partial charge is 0.244 e. The van der Waals surface area contributed by atoms with Crippen LogP contribution in [0.3, 0.4) is 0 Å². The molecular weight excluding hydrogens is 408 g/mol. The van der Waals surface area contributed by atoms with Gasteiger partial charge in [-0.15, -0.1) is 0 Å². The van der Waals surface area contributed by atoms with Crippen LogP contribution >= 0.6 is 11.6 Å². The Morgan fingerprint density at radius 1 is 1.07 bits per heavy atom. The summed E-state index contributed by atoms with van der Waals surface area (Å²) in [5.41, 5.74) is 4.53. The van der Waals surface area contributed by atoms with E-state index < -0.39 is 16.1 Å². The van der Waals surface area contributed by atoms with Crippen LogP contribution in [0.4, 0.5) is 5.69 Å². The highest BCUT2D eigenvalue weighted by atomic mass is 35.5. The highest BCUT2D eigenvalue weighted by Gasteiger charge is 2.30. The first-order valence-corrected chi connectivity index (χ1v) is 11.8. The fourth-order valence-electron chi connectivity index (χ4n) is 3.22. The lowest BCUT2D eigenvalue weighted by Gasteiger charge is -2.30. The van der Waals surface area contributed by atoms with Gasteiger partial charge in [-0.1, -0.05) is 42.8 Å². The predicted molar refractivity (Wildman–Crippen MR) is 120 cm³/mol. The number of aryl methyl sites for hydroxylation is 3. The van der Waals surface area contributed by atoms with E-state index in [9.17, 15) is 13.2 Å². The minimum absolute atomic E-state index is 0.202. The highest BCUT2D eigenvalue weighted by molar-refractivity contribution is 7.92. The molecule has 1 amide bonds. The molecule has 0 aliphatic rings. The number of hydrogen-bond donors (Lipinski definition) is 1. The SMILES string of the molecule is CC[C@@H](NC(=O)[C@H](C)N(c1ccc(C)c(Cl)c1)S(C)(=O)=O)c1ccc(C)c(C)c1. The zero-order chi connectivity index (χ0) is 21.9. The molecule has 2 rings (SSSR count). The number of nitrogens with zero attached hydrogens (tertiary/aromatic N) is 1. The van der Waals surface area contributed by atoms with Gasteiger partial charge in [-0.3, -0.25) is 9.10 Å². The van der Waals surface area contributed by atoms with Crippen LogP contribution < -0.4 is 9.62 Å². The van der Waals surface area contributed by atoms with Gasteiger partial charge >= 0.3 is 0 Å². The largest absolute Gasteiger partial charge is 0.347 e. The van der Waals surface area contributed by atoms with Gasteiger partial charge in [0.05, 0.1) is 18.0 Å². The first kappa shape index (κ1) is 23.2. The van der Waals surface area contributed by atoms with Crippen molar-refractivity contribution in [2.45, 2.75) is 53.1 Å². The van der Waals surface area contributed by atoms with E-state index in [1.54, 1.807) is 25.1 Å². The minimum atomic E-state index is -3.70. The first-order chi connectivity index (χ1) is 13.5. The fraction of sp³-hybridized carbons (Fsp3) is 0.409. The Morgan fingerprint density at radius 2 is 1.69 bits per heavy atom. The van der Waals surface area contributed by atoms with Crippen molar-refractivity contribution in [2.75, 3.05) is 10.6 Å². The molecule has 0 bridgehead atoms. The average Bonchev–Trinajstić information content (AvgIpc) is 2.63. The molecule has 0 aliphatic heterocycles. The second-order valence-corrected chi connectivity index (χ2v) is 9.75. The van der Waals surface area contributed by atoms with E-state index in [1.807, 2.05) is 39.8 Å². The Morgan fingerprint density at radius 3 is 2.21 bits per heavy atom. The van der Waals surface area contributed by atoms with Gasteiger partial charge in [0.25, 0.3) is 0 Å². The lowest BCUT2D eigenvalue weighted by atomic mass is 9.99. The van der Waals surface area contributed by atoms with Crippen LogP contribution in [-0.2, 0) is 14.8 Å². The molecule has 0 unspecified atom stereocenters. The molecule has 2 aromatic carbocycles. The molecule has 158 valence electrons. The van der Waals surface area contributed by atoms with Crippen LogP contribution in [0.2, 0.25) is 5.02 Å². The zero-order valence-corrected chi connectivity index (χ0v) is 19.4. The topological polar surface area (TPSA) is 66.5 Å². The van der Waals surface area contributed by atoms with E-state index in [1.165, 1.54) is 5.56 Å². The van der Waals surface area contributed by atoms with Crippen molar-refractivity contribution in [3.8, 4) is 0 Å². The summed E-state index contributed by atoms with van der Waals surface area (Å²) in [6, 6.07) is 9.92. The summed E-state index contributed by atoms with van der Waals surface area (Å²) in [5, 5.41) is 3.45. The Labute approximate surface area is 179 Å². The number of sulfonamides is 1. The predicted octanol–water partition coefficient (Wildman–Crippen LogP) is 4.69. The lowest BCUT2D eigenvalue weighted by molar-refractivity contribution is -0.122. The van der Waals surface area contributed by atoms with Crippen molar-refractivity contribution < 1.29 is 13.2 Å². The maximum absolute atomic E-state index is 13.0. The number of nitrogens with one attached hydrogen (secondary N) is 1. The van der Waals surface area contributed by atoms with Gasteiger partial charge in [-0.05, 0) is 68.5 Å². The molecule has 0 saturated carbocycles. The molecule has 0 spiro atoms. The molecule has 7 heteroatoms. The standard InChI is InChI=1S/C22H29ClN2O3S/c1-7-21(18-10-8-14(2)16(4)12-18)24-22(26)17(5)25(29(6,27)28)19-11-9-15(3)20(23)13-19/h8-13,17,21H,7H2,1-6H3,(H,24,26)/t17-,21+/m0/s1. The van der Waals surface area contributed by atoms with Crippen molar-refractivity contribution in [3.63, 3.8) is 0 Å². The fourth-order valence-corrected chi connectivity index (χ4v) is 4.56. The van der Waals surface area contributed by atoms with Gasteiger partial charge in [0.15, 0.2) is 0 Å². The van der Waals surface area contributed by atoms with E-state index in [0.29, 0.717) is 17.1 Å². The number of rotatable bonds is 7. The zero-order valence-electron chi connectivity index (χ0n) is 17.8. The average molecular weight is 437 g/mol. The van der Waals surface area contributed by atoms with Gasteiger partial charge < -0.3 is 5.32 Å². The lowest BCUT2D eigenvalue weighted by Crippen LogP contribution is -2.48. The van der Waals surface area contributed by atoms with E-state index in [-0.39, 0.29) is 11.9 Å². The molecule has 2 atom stereocenters. The molecule has 0 fully saturated rings. The Balaban J connectivity index is 2.32. The maximum atomic E-state index is 13.0. The number of halogens is 1. The van der Waals surface area contributed by atoms with Crippen molar-refractivity contribution in [1.82, 2.24) is 5.32 Å². The number of hydrogen-bond acceptors (Lipinski definition) is 3. The highest BCUT2D eigenvalue weighted by Crippen LogP contribution is 2.27. The van der Waals surface area contributed by atoms with Gasteiger partial charge in [-0.25, -0.2) is 8.42 Å². The molecule has 0 heterocycles. The molecule has 0 saturated heterocycles. The third-order valence-corrected chi connectivity index (χ3v) is 6.81. The summed E-state index contributed by atoms with van der Waals surface area (Å²) in [6.45, 7) is 9.47. The third-order valence-electron chi connectivity index (χ3n) is 5.16. The van der Waals surface area contributed by atoms with Crippen LogP contribution in [0.5, 0.6) is 0 Å². The van der Waals surface area contributed by atoms with Crippen LogP contribution in [0.15, 0.2) is 36.4 Å². The molecule has 0 radical (unpaired) electrons.